The fourth-order valence-corrected chi connectivity index (χ4v) is 5.38. The quantitative estimate of drug-likeness (QED) is 0.849. The van der Waals surface area contributed by atoms with E-state index in [9.17, 15) is 8.42 Å². The zero-order chi connectivity index (χ0) is 16.3. The lowest BCUT2D eigenvalue weighted by Gasteiger charge is -2.37. The standard InChI is InChI=1S/C18H28N2O2S/c1-16-6-5-11-19(14-16)15-17-9-12-20(13-10-17)23(21,22)18-7-3-2-4-8-18/h2-4,7-8,16-17H,5-6,9-15H2,1H3/t16-/m1/s1. The molecule has 2 saturated heterocycles. The van der Waals surface area contributed by atoms with E-state index in [1.165, 1.54) is 25.9 Å². The van der Waals surface area contributed by atoms with Crippen LogP contribution in [0.3, 0.4) is 0 Å². The van der Waals surface area contributed by atoms with E-state index in [1.807, 2.05) is 6.07 Å². The van der Waals surface area contributed by atoms with E-state index in [0.717, 1.165) is 25.3 Å². The van der Waals surface area contributed by atoms with Gasteiger partial charge in [-0.05, 0) is 56.2 Å². The molecule has 2 fully saturated rings. The molecule has 0 spiro atoms. The molecule has 0 aromatic heterocycles. The highest BCUT2D eigenvalue weighted by molar-refractivity contribution is 7.89. The monoisotopic (exact) mass is 336 g/mol. The van der Waals surface area contributed by atoms with Gasteiger partial charge in [0, 0.05) is 26.2 Å². The van der Waals surface area contributed by atoms with E-state index < -0.39 is 10.0 Å². The lowest BCUT2D eigenvalue weighted by Crippen LogP contribution is -2.43. The lowest BCUT2D eigenvalue weighted by atomic mass is 9.94. The Kier molecular flexibility index (Phi) is 5.39. The van der Waals surface area contributed by atoms with Gasteiger partial charge in [0.05, 0.1) is 4.90 Å². The Morgan fingerprint density at radius 1 is 1.04 bits per heavy atom. The minimum Gasteiger partial charge on any atom is -0.303 e. The first-order valence-corrected chi connectivity index (χ1v) is 10.3. The van der Waals surface area contributed by atoms with Crippen molar-refractivity contribution in [2.24, 2.45) is 11.8 Å². The van der Waals surface area contributed by atoms with Gasteiger partial charge in [-0.1, -0.05) is 25.1 Å². The van der Waals surface area contributed by atoms with Crippen molar-refractivity contribution in [3.8, 4) is 0 Å². The number of sulfonamides is 1. The molecule has 5 heteroatoms. The van der Waals surface area contributed by atoms with Gasteiger partial charge in [-0.2, -0.15) is 4.31 Å². The van der Waals surface area contributed by atoms with Crippen LogP contribution in [-0.2, 0) is 10.0 Å². The van der Waals surface area contributed by atoms with Crippen LogP contribution in [0.4, 0.5) is 0 Å². The van der Waals surface area contributed by atoms with E-state index in [-0.39, 0.29) is 0 Å². The molecule has 0 unspecified atom stereocenters. The molecule has 0 aliphatic carbocycles. The molecule has 3 rings (SSSR count). The summed E-state index contributed by atoms with van der Waals surface area (Å²) in [5.41, 5.74) is 0. The van der Waals surface area contributed by atoms with Crippen LogP contribution in [0.25, 0.3) is 0 Å². The van der Waals surface area contributed by atoms with Gasteiger partial charge < -0.3 is 4.90 Å². The second-order valence-corrected chi connectivity index (χ2v) is 9.11. The number of hydrogen-bond acceptors (Lipinski definition) is 3. The van der Waals surface area contributed by atoms with Crippen LogP contribution in [0.1, 0.15) is 32.6 Å². The molecule has 2 aliphatic rings. The van der Waals surface area contributed by atoms with Gasteiger partial charge in [0.25, 0.3) is 0 Å². The number of hydrogen-bond donors (Lipinski definition) is 0. The zero-order valence-corrected chi connectivity index (χ0v) is 14.8. The normalized spacial score (nSPS) is 25.5. The number of likely N-dealkylation sites (tertiary alicyclic amines) is 1. The molecule has 1 aromatic carbocycles. The summed E-state index contributed by atoms with van der Waals surface area (Å²) < 4.78 is 26.9. The van der Waals surface area contributed by atoms with Gasteiger partial charge in [-0.15, -0.1) is 0 Å². The van der Waals surface area contributed by atoms with Crippen molar-refractivity contribution in [3.05, 3.63) is 30.3 Å². The number of rotatable bonds is 4. The van der Waals surface area contributed by atoms with Crippen LogP contribution >= 0.6 is 0 Å². The van der Waals surface area contributed by atoms with E-state index in [2.05, 4.69) is 11.8 Å². The topological polar surface area (TPSA) is 40.6 Å². The summed E-state index contributed by atoms with van der Waals surface area (Å²) in [7, 11) is -3.31. The maximum atomic E-state index is 12.6. The maximum Gasteiger partial charge on any atom is 0.243 e. The van der Waals surface area contributed by atoms with Crippen molar-refractivity contribution in [2.75, 3.05) is 32.7 Å². The Balaban J connectivity index is 1.54. The van der Waals surface area contributed by atoms with Crippen LogP contribution in [0.15, 0.2) is 35.2 Å². The predicted molar refractivity (Wildman–Crippen MR) is 92.8 cm³/mol. The Labute approximate surface area is 140 Å². The molecule has 4 nitrogen and oxygen atoms in total. The van der Waals surface area contributed by atoms with Crippen molar-refractivity contribution >= 4 is 10.0 Å². The van der Waals surface area contributed by atoms with E-state index >= 15 is 0 Å². The molecule has 128 valence electrons. The first kappa shape index (κ1) is 16.9. The third kappa shape index (κ3) is 4.14. The molecule has 23 heavy (non-hydrogen) atoms. The van der Waals surface area contributed by atoms with Crippen molar-refractivity contribution in [2.45, 2.75) is 37.5 Å². The highest BCUT2D eigenvalue weighted by Gasteiger charge is 2.30. The molecular weight excluding hydrogens is 308 g/mol. The van der Waals surface area contributed by atoms with E-state index in [0.29, 0.717) is 23.9 Å². The van der Waals surface area contributed by atoms with Gasteiger partial charge in [0.2, 0.25) is 10.0 Å². The fourth-order valence-electron chi connectivity index (χ4n) is 3.89. The van der Waals surface area contributed by atoms with Gasteiger partial charge >= 0.3 is 0 Å². The van der Waals surface area contributed by atoms with E-state index in [4.69, 9.17) is 0 Å². The number of nitrogens with zero attached hydrogens (tertiary/aromatic N) is 2. The van der Waals surface area contributed by atoms with Gasteiger partial charge in [0.1, 0.15) is 0 Å². The minimum atomic E-state index is -3.31. The average Bonchev–Trinajstić information content (AvgIpc) is 2.56. The highest BCUT2D eigenvalue weighted by atomic mass is 32.2. The van der Waals surface area contributed by atoms with Crippen molar-refractivity contribution in [1.82, 2.24) is 9.21 Å². The summed E-state index contributed by atoms with van der Waals surface area (Å²) in [5.74, 6) is 1.45. The molecule has 0 amide bonds. The van der Waals surface area contributed by atoms with Crippen molar-refractivity contribution < 1.29 is 8.42 Å². The summed E-state index contributed by atoms with van der Waals surface area (Å²) in [4.78, 5) is 3.00. The van der Waals surface area contributed by atoms with Crippen LogP contribution in [0, 0.1) is 11.8 Å². The minimum absolute atomic E-state index is 0.420. The molecule has 2 aliphatic heterocycles. The average molecular weight is 337 g/mol. The summed E-state index contributed by atoms with van der Waals surface area (Å²) in [6.07, 6.45) is 4.63. The van der Waals surface area contributed by atoms with Gasteiger partial charge in [-0.3, -0.25) is 0 Å². The maximum absolute atomic E-state index is 12.6. The van der Waals surface area contributed by atoms with Crippen LogP contribution < -0.4 is 0 Å². The molecule has 0 saturated carbocycles. The van der Waals surface area contributed by atoms with Crippen molar-refractivity contribution in [3.63, 3.8) is 0 Å². The third-order valence-corrected chi connectivity index (χ3v) is 7.12. The van der Waals surface area contributed by atoms with Crippen LogP contribution in [0.5, 0.6) is 0 Å². The van der Waals surface area contributed by atoms with Crippen LogP contribution in [-0.4, -0.2) is 50.3 Å². The molecular formula is C18H28N2O2S. The van der Waals surface area contributed by atoms with E-state index in [1.54, 1.807) is 28.6 Å². The predicted octanol–water partition coefficient (Wildman–Crippen LogP) is 2.82. The summed E-state index contributed by atoms with van der Waals surface area (Å²) in [5, 5.41) is 0. The zero-order valence-electron chi connectivity index (χ0n) is 14.0. The Morgan fingerprint density at radius 3 is 2.39 bits per heavy atom. The Bertz CT molecular complexity index is 595. The molecule has 1 atom stereocenters. The lowest BCUT2D eigenvalue weighted by molar-refractivity contribution is 0.136. The number of benzene rings is 1. The second-order valence-electron chi connectivity index (χ2n) is 7.17. The van der Waals surface area contributed by atoms with Gasteiger partial charge in [0.15, 0.2) is 0 Å². The largest absolute Gasteiger partial charge is 0.303 e. The molecule has 1 aromatic rings. The molecule has 0 bridgehead atoms. The first-order valence-electron chi connectivity index (χ1n) is 8.83. The summed E-state index contributed by atoms with van der Waals surface area (Å²) >= 11 is 0. The van der Waals surface area contributed by atoms with Crippen LogP contribution in [0.2, 0.25) is 0 Å². The smallest absolute Gasteiger partial charge is 0.243 e. The summed E-state index contributed by atoms with van der Waals surface area (Å²) in [6.45, 7) is 7.22. The molecule has 2 heterocycles. The molecule has 0 radical (unpaired) electrons. The first-order chi connectivity index (χ1) is 11.1. The summed E-state index contributed by atoms with van der Waals surface area (Å²) in [6, 6.07) is 8.81. The van der Waals surface area contributed by atoms with Gasteiger partial charge in [-0.25, -0.2) is 8.42 Å². The highest BCUT2D eigenvalue weighted by Crippen LogP contribution is 2.25. The third-order valence-electron chi connectivity index (χ3n) is 5.21. The second kappa shape index (κ2) is 7.32. The molecule has 0 N–H and O–H groups in total. The number of piperidine rings is 2. The SMILES string of the molecule is C[C@@H]1CCCN(CC2CCN(S(=O)(=O)c3ccccc3)CC2)C1. The Hall–Kier alpha value is -0.910. The Morgan fingerprint density at radius 2 is 1.74 bits per heavy atom. The fraction of sp³-hybridized carbons (Fsp3) is 0.667. The van der Waals surface area contributed by atoms with Crippen molar-refractivity contribution in [1.29, 1.82) is 0 Å².